The Morgan fingerprint density at radius 3 is 2.16 bits per heavy atom. The summed E-state index contributed by atoms with van der Waals surface area (Å²) in [6, 6.07) is 14.4. The first-order valence-corrected chi connectivity index (χ1v) is 8.34. The van der Waals surface area contributed by atoms with Crippen molar-refractivity contribution >= 4 is 11.8 Å². The van der Waals surface area contributed by atoms with E-state index in [1.807, 2.05) is 31.2 Å². The molecule has 0 saturated heterocycles. The van der Waals surface area contributed by atoms with Gasteiger partial charge in [0.2, 0.25) is 0 Å². The molecule has 2 aromatic rings. The quantitative estimate of drug-likeness (QED) is 0.842. The van der Waals surface area contributed by atoms with Crippen molar-refractivity contribution in [3.63, 3.8) is 0 Å². The number of hydrogen-bond donors (Lipinski definition) is 1. The lowest BCUT2D eigenvalue weighted by atomic mass is 10.1. The Bertz CT molecular complexity index is 709. The maximum Gasteiger partial charge on any atom is 0.253 e. The largest absolute Gasteiger partial charge is 0.494 e. The highest BCUT2D eigenvalue weighted by Gasteiger charge is 2.12. The summed E-state index contributed by atoms with van der Waals surface area (Å²) in [5, 5.41) is 2.58. The maximum absolute atomic E-state index is 12.5. The molecule has 25 heavy (non-hydrogen) atoms. The van der Waals surface area contributed by atoms with Crippen molar-refractivity contribution in [2.45, 2.75) is 19.9 Å². The second-order valence-corrected chi connectivity index (χ2v) is 5.81. The SMILES string of the molecule is CCCOc1ccc(C(=O)N(C)Cc2ccc(C(=O)NC)cc2)cc1. The molecule has 0 unspecified atom stereocenters. The summed E-state index contributed by atoms with van der Waals surface area (Å²) in [7, 11) is 3.36. The number of carbonyl (C=O) groups excluding carboxylic acids is 2. The van der Waals surface area contributed by atoms with Crippen LogP contribution in [0, 0.1) is 0 Å². The summed E-state index contributed by atoms with van der Waals surface area (Å²) in [6.07, 6.45) is 0.947. The molecule has 0 atom stereocenters. The van der Waals surface area contributed by atoms with E-state index in [-0.39, 0.29) is 11.8 Å². The smallest absolute Gasteiger partial charge is 0.253 e. The zero-order chi connectivity index (χ0) is 18.2. The van der Waals surface area contributed by atoms with Gasteiger partial charge in [0, 0.05) is 31.8 Å². The molecule has 0 aliphatic rings. The Kier molecular flexibility index (Phi) is 6.57. The van der Waals surface area contributed by atoms with E-state index in [1.54, 1.807) is 43.3 Å². The van der Waals surface area contributed by atoms with E-state index >= 15 is 0 Å². The summed E-state index contributed by atoms with van der Waals surface area (Å²) >= 11 is 0. The second kappa shape index (κ2) is 8.87. The summed E-state index contributed by atoms with van der Waals surface area (Å²) in [6.45, 7) is 3.19. The highest BCUT2D eigenvalue weighted by atomic mass is 16.5. The highest BCUT2D eigenvalue weighted by Crippen LogP contribution is 2.15. The van der Waals surface area contributed by atoms with Crippen LogP contribution in [0.4, 0.5) is 0 Å². The second-order valence-electron chi connectivity index (χ2n) is 5.81. The summed E-state index contributed by atoms with van der Waals surface area (Å²) < 4.78 is 5.53. The van der Waals surface area contributed by atoms with Crippen LogP contribution in [0.2, 0.25) is 0 Å². The van der Waals surface area contributed by atoms with Crippen LogP contribution in [0.5, 0.6) is 5.75 Å². The number of ether oxygens (including phenoxy) is 1. The molecule has 2 aromatic carbocycles. The number of nitrogens with zero attached hydrogens (tertiary/aromatic N) is 1. The fourth-order valence-corrected chi connectivity index (χ4v) is 2.39. The van der Waals surface area contributed by atoms with Gasteiger partial charge in [-0.25, -0.2) is 0 Å². The van der Waals surface area contributed by atoms with E-state index in [0.29, 0.717) is 24.3 Å². The minimum Gasteiger partial charge on any atom is -0.494 e. The third-order valence-corrected chi connectivity index (χ3v) is 3.78. The van der Waals surface area contributed by atoms with Gasteiger partial charge in [-0.1, -0.05) is 19.1 Å². The minimum atomic E-state index is -0.124. The van der Waals surface area contributed by atoms with Crippen LogP contribution < -0.4 is 10.1 Å². The van der Waals surface area contributed by atoms with Gasteiger partial charge in [0.05, 0.1) is 6.61 Å². The molecule has 0 aliphatic heterocycles. The van der Waals surface area contributed by atoms with Crippen molar-refractivity contribution in [2.24, 2.45) is 0 Å². The molecule has 0 spiro atoms. The number of nitrogens with one attached hydrogen (secondary N) is 1. The van der Waals surface area contributed by atoms with Crippen molar-refractivity contribution in [1.29, 1.82) is 0 Å². The molecule has 1 N–H and O–H groups in total. The molecule has 0 bridgehead atoms. The van der Waals surface area contributed by atoms with Gasteiger partial charge in [-0.05, 0) is 48.4 Å². The van der Waals surface area contributed by atoms with Crippen molar-refractivity contribution in [3.8, 4) is 5.75 Å². The van der Waals surface area contributed by atoms with Gasteiger partial charge >= 0.3 is 0 Å². The number of hydrogen-bond acceptors (Lipinski definition) is 3. The lowest BCUT2D eigenvalue weighted by Crippen LogP contribution is -2.26. The van der Waals surface area contributed by atoms with Gasteiger partial charge in [0.15, 0.2) is 0 Å². The van der Waals surface area contributed by atoms with Crippen molar-refractivity contribution in [1.82, 2.24) is 10.2 Å². The summed E-state index contributed by atoms with van der Waals surface area (Å²) in [5.41, 5.74) is 2.18. The van der Waals surface area contributed by atoms with E-state index in [4.69, 9.17) is 4.74 Å². The van der Waals surface area contributed by atoms with Crippen LogP contribution in [0.25, 0.3) is 0 Å². The third kappa shape index (κ3) is 5.08. The Labute approximate surface area is 148 Å². The zero-order valence-corrected chi connectivity index (χ0v) is 14.9. The molecule has 0 saturated carbocycles. The van der Waals surface area contributed by atoms with Crippen LogP contribution >= 0.6 is 0 Å². The van der Waals surface area contributed by atoms with Gasteiger partial charge < -0.3 is 15.0 Å². The Morgan fingerprint density at radius 2 is 1.60 bits per heavy atom. The molecule has 132 valence electrons. The van der Waals surface area contributed by atoms with Crippen LogP contribution in [-0.2, 0) is 6.54 Å². The van der Waals surface area contributed by atoms with Crippen molar-refractivity contribution in [3.05, 3.63) is 65.2 Å². The van der Waals surface area contributed by atoms with Crippen LogP contribution in [0.15, 0.2) is 48.5 Å². The van der Waals surface area contributed by atoms with Gasteiger partial charge in [0.1, 0.15) is 5.75 Å². The summed E-state index contributed by atoms with van der Waals surface area (Å²) in [4.78, 5) is 25.7. The Balaban J connectivity index is 1.98. The number of benzene rings is 2. The highest BCUT2D eigenvalue weighted by molar-refractivity contribution is 5.94. The van der Waals surface area contributed by atoms with Crippen molar-refractivity contribution < 1.29 is 14.3 Å². The normalized spacial score (nSPS) is 10.2. The fourth-order valence-electron chi connectivity index (χ4n) is 2.39. The lowest BCUT2D eigenvalue weighted by molar-refractivity contribution is 0.0784. The first-order valence-electron chi connectivity index (χ1n) is 8.34. The molecule has 0 fully saturated rings. The van der Waals surface area contributed by atoms with E-state index in [0.717, 1.165) is 17.7 Å². The van der Waals surface area contributed by atoms with E-state index in [2.05, 4.69) is 5.32 Å². The molecule has 2 amide bonds. The van der Waals surface area contributed by atoms with E-state index < -0.39 is 0 Å². The van der Waals surface area contributed by atoms with Gasteiger partial charge in [0.25, 0.3) is 11.8 Å². The summed E-state index contributed by atoms with van der Waals surface area (Å²) in [5.74, 6) is 0.588. The minimum absolute atomic E-state index is 0.0579. The Morgan fingerprint density at radius 1 is 1.00 bits per heavy atom. The predicted octanol–water partition coefficient (Wildman–Crippen LogP) is 3.11. The molecular weight excluding hydrogens is 316 g/mol. The van der Waals surface area contributed by atoms with E-state index in [1.165, 1.54) is 0 Å². The molecule has 0 aliphatic carbocycles. The number of rotatable bonds is 7. The average Bonchev–Trinajstić information content (AvgIpc) is 2.66. The van der Waals surface area contributed by atoms with Gasteiger partial charge in [-0.3, -0.25) is 9.59 Å². The Hall–Kier alpha value is -2.82. The van der Waals surface area contributed by atoms with Crippen LogP contribution in [0.3, 0.4) is 0 Å². The fraction of sp³-hybridized carbons (Fsp3) is 0.300. The third-order valence-electron chi connectivity index (χ3n) is 3.78. The topological polar surface area (TPSA) is 58.6 Å². The average molecular weight is 340 g/mol. The molecule has 0 aromatic heterocycles. The first-order chi connectivity index (χ1) is 12.0. The molecule has 0 heterocycles. The molecule has 5 heteroatoms. The number of amides is 2. The van der Waals surface area contributed by atoms with E-state index in [9.17, 15) is 9.59 Å². The molecular formula is C20H24N2O3. The molecule has 5 nitrogen and oxygen atoms in total. The first kappa shape index (κ1) is 18.5. The maximum atomic E-state index is 12.5. The monoisotopic (exact) mass is 340 g/mol. The van der Waals surface area contributed by atoms with Gasteiger partial charge in [-0.15, -0.1) is 0 Å². The molecule has 0 radical (unpaired) electrons. The zero-order valence-electron chi connectivity index (χ0n) is 14.9. The lowest BCUT2D eigenvalue weighted by Gasteiger charge is -2.18. The standard InChI is InChI=1S/C20H24N2O3/c1-4-13-25-18-11-9-17(10-12-18)20(24)22(3)14-15-5-7-16(8-6-15)19(23)21-2/h5-12H,4,13-14H2,1-3H3,(H,21,23). The van der Waals surface area contributed by atoms with Gasteiger partial charge in [-0.2, -0.15) is 0 Å². The predicted molar refractivity (Wildman–Crippen MR) is 97.9 cm³/mol. The van der Waals surface area contributed by atoms with Crippen molar-refractivity contribution in [2.75, 3.05) is 20.7 Å². The number of carbonyl (C=O) groups is 2. The van der Waals surface area contributed by atoms with Crippen LogP contribution in [-0.4, -0.2) is 37.4 Å². The molecule has 2 rings (SSSR count). The van der Waals surface area contributed by atoms with Crippen LogP contribution in [0.1, 0.15) is 39.6 Å².